The summed E-state index contributed by atoms with van der Waals surface area (Å²) in [5.41, 5.74) is 1.24. The van der Waals surface area contributed by atoms with Crippen molar-refractivity contribution in [3.63, 3.8) is 0 Å². The number of amides is 1. The number of nitrogens with zero attached hydrogens (tertiary/aromatic N) is 2. The van der Waals surface area contributed by atoms with Crippen LogP contribution in [0.2, 0.25) is 0 Å². The molecule has 0 radical (unpaired) electrons. The Kier molecular flexibility index (Phi) is 3.20. The minimum absolute atomic E-state index is 0.115. The van der Waals surface area contributed by atoms with Crippen molar-refractivity contribution in [2.75, 3.05) is 5.32 Å². The number of aromatic nitrogens is 1. The Balaban J connectivity index is 1.78. The molecule has 1 fully saturated rings. The summed E-state index contributed by atoms with van der Waals surface area (Å²) in [5, 5.41) is 13.8. The van der Waals surface area contributed by atoms with Gasteiger partial charge in [0.2, 0.25) is 0 Å². The van der Waals surface area contributed by atoms with Crippen LogP contribution in [0, 0.1) is 17.1 Å². The van der Waals surface area contributed by atoms with Gasteiger partial charge < -0.3 is 0 Å². The number of thiazole rings is 1. The molecule has 20 heavy (non-hydrogen) atoms. The number of halogens is 1. The molecule has 0 spiro atoms. The molecule has 1 N–H and O–H groups in total. The first kappa shape index (κ1) is 12.8. The quantitative estimate of drug-likeness (QED) is 0.942. The summed E-state index contributed by atoms with van der Waals surface area (Å²) < 4.78 is 13.3. The van der Waals surface area contributed by atoms with Crippen molar-refractivity contribution in [3.8, 4) is 6.07 Å². The van der Waals surface area contributed by atoms with Crippen molar-refractivity contribution < 1.29 is 9.18 Å². The first-order valence-electron chi connectivity index (χ1n) is 6.13. The van der Waals surface area contributed by atoms with E-state index < -0.39 is 11.7 Å². The van der Waals surface area contributed by atoms with Gasteiger partial charge in [0.25, 0.3) is 5.91 Å². The minimum Gasteiger partial charge on any atom is -0.298 e. The van der Waals surface area contributed by atoms with Gasteiger partial charge in [-0.05, 0) is 31.0 Å². The topological polar surface area (TPSA) is 65.8 Å². The number of carbonyl (C=O) groups is 1. The van der Waals surface area contributed by atoms with Crippen molar-refractivity contribution in [2.45, 2.75) is 18.8 Å². The molecule has 0 unspecified atom stereocenters. The predicted molar refractivity (Wildman–Crippen MR) is 73.2 cm³/mol. The number of rotatable bonds is 3. The van der Waals surface area contributed by atoms with Gasteiger partial charge in [-0.15, -0.1) is 11.3 Å². The number of hydrogen-bond acceptors (Lipinski definition) is 4. The second-order valence-corrected chi connectivity index (χ2v) is 5.50. The van der Waals surface area contributed by atoms with Crippen LogP contribution in [0.1, 0.15) is 40.4 Å². The zero-order valence-corrected chi connectivity index (χ0v) is 11.2. The maximum absolute atomic E-state index is 13.3. The SMILES string of the molecule is N#Cc1cc(F)cc(C(=O)Nc2nc(C3CC3)cs2)c1. The van der Waals surface area contributed by atoms with Gasteiger partial charge in [0, 0.05) is 16.9 Å². The summed E-state index contributed by atoms with van der Waals surface area (Å²) >= 11 is 1.35. The zero-order valence-electron chi connectivity index (χ0n) is 10.4. The molecule has 1 heterocycles. The van der Waals surface area contributed by atoms with E-state index >= 15 is 0 Å². The molecular formula is C14H10FN3OS. The smallest absolute Gasteiger partial charge is 0.257 e. The first-order chi connectivity index (χ1) is 9.65. The van der Waals surface area contributed by atoms with Gasteiger partial charge >= 0.3 is 0 Å². The van der Waals surface area contributed by atoms with Crippen molar-refractivity contribution in [1.82, 2.24) is 4.98 Å². The monoisotopic (exact) mass is 287 g/mol. The van der Waals surface area contributed by atoms with Gasteiger partial charge in [0.05, 0.1) is 17.3 Å². The molecular weight excluding hydrogens is 277 g/mol. The molecule has 1 amide bonds. The van der Waals surface area contributed by atoms with Crippen LogP contribution in [0.4, 0.5) is 9.52 Å². The highest BCUT2D eigenvalue weighted by Crippen LogP contribution is 2.40. The van der Waals surface area contributed by atoms with Crippen LogP contribution in [-0.2, 0) is 0 Å². The van der Waals surface area contributed by atoms with Crippen LogP contribution in [0.5, 0.6) is 0 Å². The van der Waals surface area contributed by atoms with Crippen molar-refractivity contribution in [3.05, 3.63) is 46.2 Å². The van der Waals surface area contributed by atoms with E-state index in [2.05, 4.69) is 10.3 Å². The Hall–Kier alpha value is -2.26. The molecule has 1 aromatic carbocycles. The fourth-order valence-electron chi connectivity index (χ4n) is 1.86. The fraction of sp³-hybridized carbons (Fsp3) is 0.214. The second-order valence-electron chi connectivity index (χ2n) is 4.65. The highest BCUT2D eigenvalue weighted by Gasteiger charge is 2.26. The van der Waals surface area contributed by atoms with Gasteiger partial charge in [0.1, 0.15) is 5.82 Å². The van der Waals surface area contributed by atoms with Crippen LogP contribution in [-0.4, -0.2) is 10.9 Å². The molecule has 1 saturated carbocycles. The molecule has 1 aliphatic rings. The Morgan fingerprint density at radius 2 is 2.25 bits per heavy atom. The minimum atomic E-state index is -0.605. The van der Waals surface area contributed by atoms with E-state index in [1.54, 1.807) is 0 Å². The highest BCUT2D eigenvalue weighted by molar-refractivity contribution is 7.14. The molecule has 1 aliphatic carbocycles. The van der Waals surface area contributed by atoms with E-state index in [-0.39, 0.29) is 11.1 Å². The first-order valence-corrected chi connectivity index (χ1v) is 7.01. The summed E-state index contributed by atoms with van der Waals surface area (Å²) in [6.07, 6.45) is 2.29. The van der Waals surface area contributed by atoms with Gasteiger partial charge in [-0.3, -0.25) is 10.1 Å². The molecule has 0 bridgehead atoms. The van der Waals surface area contributed by atoms with Crippen molar-refractivity contribution >= 4 is 22.4 Å². The number of anilines is 1. The van der Waals surface area contributed by atoms with E-state index in [1.165, 1.54) is 17.4 Å². The summed E-state index contributed by atoms with van der Waals surface area (Å²) in [7, 11) is 0. The standard InChI is InChI=1S/C14H10FN3OS/c15-11-4-8(6-16)3-10(5-11)13(19)18-14-17-12(7-20-14)9-1-2-9/h3-5,7,9H,1-2H2,(H,17,18,19). The van der Waals surface area contributed by atoms with Crippen LogP contribution in [0.15, 0.2) is 23.6 Å². The third kappa shape index (κ3) is 2.68. The Morgan fingerprint density at radius 1 is 1.45 bits per heavy atom. The summed E-state index contributed by atoms with van der Waals surface area (Å²) in [4.78, 5) is 16.3. The number of benzene rings is 1. The van der Waals surface area contributed by atoms with Crippen molar-refractivity contribution in [2.24, 2.45) is 0 Å². The van der Waals surface area contributed by atoms with Gasteiger partial charge in [-0.1, -0.05) is 0 Å². The van der Waals surface area contributed by atoms with Crippen LogP contribution < -0.4 is 5.32 Å². The molecule has 0 aliphatic heterocycles. The molecule has 0 saturated heterocycles. The van der Waals surface area contributed by atoms with Crippen LogP contribution in [0.3, 0.4) is 0 Å². The third-order valence-electron chi connectivity index (χ3n) is 3.03. The van der Waals surface area contributed by atoms with Gasteiger partial charge in [-0.25, -0.2) is 9.37 Å². The molecule has 4 nitrogen and oxygen atoms in total. The van der Waals surface area contributed by atoms with Gasteiger partial charge in [0.15, 0.2) is 5.13 Å². The molecule has 2 aromatic rings. The van der Waals surface area contributed by atoms with E-state index in [0.29, 0.717) is 11.0 Å². The summed E-state index contributed by atoms with van der Waals surface area (Å²) in [6.45, 7) is 0. The number of carbonyl (C=O) groups excluding carboxylic acids is 1. The van der Waals surface area contributed by atoms with Gasteiger partial charge in [-0.2, -0.15) is 5.26 Å². The predicted octanol–water partition coefficient (Wildman–Crippen LogP) is 3.28. The lowest BCUT2D eigenvalue weighted by Crippen LogP contribution is -2.12. The lowest BCUT2D eigenvalue weighted by atomic mass is 10.1. The lowest BCUT2D eigenvalue weighted by molar-refractivity contribution is 0.102. The summed E-state index contributed by atoms with van der Waals surface area (Å²) in [5.74, 6) is -0.541. The third-order valence-corrected chi connectivity index (χ3v) is 3.80. The maximum Gasteiger partial charge on any atom is 0.257 e. The molecule has 100 valence electrons. The maximum atomic E-state index is 13.3. The van der Waals surface area contributed by atoms with Crippen LogP contribution in [0.25, 0.3) is 0 Å². The zero-order chi connectivity index (χ0) is 14.1. The van der Waals surface area contributed by atoms with Crippen molar-refractivity contribution in [1.29, 1.82) is 5.26 Å². The van der Waals surface area contributed by atoms with E-state index in [9.17, 15) is 9.18 Å². The normalized spacial score (nSPS) is 13.8. The Labute approximate surface area is 118 Å². The average Bonchev–Trinajstić information content (AvgIpc) is 3.19. The van der Waals surface area contributed by atoms with E-state index in [4.69, 9.17) is 5.26 Å². The molecule has 0 atom stereocenters. The summed E-state index contributed by atoms with van der Waals surface area (Å²) in [6, 6.07) is 5.37. The lowest BCUT2D eigenvalue weighted by Gasteiger charge is -2.02. The van der Waals surface area contributed by atoms with E-state index in [1.807, 2.05) is 11.4 Å². The highest BCUT2D eigenvalue weighted by atomic mass is 32.1. The van der Waals surface area contributed by atoms with Crippen LogP contribution >= 0.6 is 11.3 Å². The molecule has 3 rings (SSSR count). The molecule has 6 heteroatoms. The Bertz CT molecular complexity index is 715. The number of hydrogen-bond donors (Lipinski definition) is 1. The number of nitrogens with one attached hydrogen (secondary N) is 1. The van der Waals surface area contributed by atoms with E-state index in [0.717, 1.165) is 30.7 Å². The largest absolute Gasteiger partial charge is 0.298 e. The second kappa shape index (κ2) is 5.02. The average molecular weight is 287 g/mol. The number of nitriles is 1. The molecule has 1 aromatic heterocycles. The fourth-order valence-corrected chi connectivity index (χ4v) is 2.65. The Morgan fingerprint density at radius 3 is 2.95 bits per heavy atom.